The van der Waals surface area contributed by atoms with Crippen molar-refractivity contribution in [3.05, 3.63) is 103 Å². The maximum atomic E-state index is 12.4. The summed E-state index contributed by atoms with van der Waals surface area (Å²) in [7, 11) is 10.2. The Morgan fingerprint density at radius 1 is 0.810 bits per heavy atom. The highest BCUT2D eigenvalue weighted by atomic mass is 19.1. The maximum absolute atomic E-state index is 12.4. The number of nitrogen functional groups attached to an aromatic ring is 1. The van der Waals surface area contributed by atoms with Gasteiger partial charge in [-0.1, -0.05) is 19.6 Å². The summed E-state index contributed by atoms with van der Waals surface area (Å²) >= 11 is 0. The van der Waals surface area contributed by atoms with E-state index in [4.69, 9.17) is 17.0 Å². The van der Waals surface area contributed by atoms with Crippen LogP contribution in [0.25, 0.3) is 22.3 Å². The Morgan fingerprint density at radius 3 is 1.67 bits per heavy atom. The van der Waals surface area contributed by atoms with Crippen LogP contribution in [-0.2, 0) is 55.7 Å². The Kier molecular flexibility index (Phi) is 17.5. The molecule has 21 nitrogen and oxygen atoms in total. The van der Waals surface area contributed by atoms with Crippen LogP contribution in [0.2, 0.25) is 0 Å². The molecular formula is C36H49FN12O9. The lowest BCUT2D eigenvalue weighted by Crippen LogP contribution is -2.37. The molecule has 6 rings (SSSR count). The summed E-state index contributed by atoms with van der Waals surface area (Å²) in [6, 6.07) is 14.5. The smallest absolute Gasteiger partial charge is 0.332 e. The molecule has 0 saturated carbocycles. The lowest BCUT2D eigenvalue weighted by molar-refractivity contribution is -0.137. The second kappa shape index (κ2) is 21.7. The first-order chi connectivity index (χ1) is 27.3. The van der Waals surface area contributed by atoms with Crippen molar-refractivity contribution in [1.82, 2.24) is 37.4 Å². The first-order valence-electron chi connectivity index (χ1n) is 17.0. The van der Waals surface area contributed by atoms with Crippen molar-refractivity contribution in [2.75, 3.05) is 49.3 Å². The second-order valence-corrected chi connectivity index (χ2v) is 12.0. The molecule has 22 heteroatoms. The van der Waals surface area contributed by atoms with Crippen molar-refractivity contribution in [3.63, 3.8) is 0 Å². The van der Waals surface area contributed by atoms with E-state index in [-0.39, 0.29) is 48.8 Å². The standard InChI is InChI=1S/C16H18N6O4.C9H10N4O4.C8H12N2.CH3F.CH2O.CH4/c1-19-14-13(15(24)20(2)16(19)25)22(9-17-14)8-12(23)18-10-5-4-6-11(7-10)21(3)26;1-11-7-6(8(16)12(2)9(11)17)13(4-10-7)3-5(14)15;1-10(2)8-5-3-4-7(9)6-8;2*1-2;/h4-7,9,26H,8H2,1-3H3,(H,18,23);4H,3H2,1-2H3,(H,14,15);3-6H,9H2,1-2H3;1H3;1H2;1H4/i;;;1D;;. The van der Waals surface area contributed by atoms with Gasteiger partial charge >= 0.3 is 17.3 Å². The number of hydroxylamine groups is 1. The molecule has 2 aromatic carbocycles. The number of aromatic nitrogens is 8. The van der Waals surface area contributed by atoms with Gasteiger partial charge in [0.05, 0.1) is 26.9 Å². The predicted octanol–water partition coefficient (Wildman–Crippen LogP) is 0.788. The number of hydrogen-bond acceptors (Lipinski definition) is 13. The number of halogens is 1. The molecule has 6 aromatic rings. The van der Waals surface area contributed by atoms with Crippen LogP contribution in [0.5, 0.6) is 0 Å². The average Bonchev–Trinajstić information content (AvgIpc) is 3.80. The number of nitrogens with zero attached hydrogens (tertiary/aromatic N) is 10. The van der Waals surface area contributed by atoms with Gasteiger partial charge < -0.3 is 35.0 Å². The third-order valence-corrected chi connectivity index (χ3v) is 7.94. The van der Waals surface area contributed by atoms with Gasteiger partial charge in [-0.2, -0.15) is 0 Å². The zero-order valence-electron chi connectivity index (χ0n) is 33.3. The molecular weight excluding hydrogens is 763 g/mol. The van der Waals surface area contributed by atoms with E-state index < -0.39 is 35.6 Å². The number of nitrogens with one attached hydrogen (secondary N) is 1. The number of carbonyl (C=O) groups excluding carboxylic acids is 2. The number of fused-ring (bicyclic) bond motifs is 2. The van der Waals surface area contributed by atoms with Crippen LogP contribution in [0.15, 0.2) is 80.4 Å². The Labute approximate surface area is 332 Å². The quantitative estimate of drug-likeness (QED) is 0.128. The number of aliphatic carboxylic acids is 1. The SMILES string of the molecule is C.C=O.CN(C)c1cccc(N)c1.CN(O)c1cccc(NC(=O)Cn2cnc3c2c(=O)n(C)c(=O)n3C)c1.Cn1c(=O)c2c(ncn2CC(=O)O)n(C)c1=O.[2H]CF. The third kappa shape index (κ3) is 11.3. The Hall–Kier alpha value is -7.36. The minimum atomic E-state index is -1.08. The fourth-order valence-corrected chi connectivity index (χ4v) is 5.12. The number of benzene rings is 2. The van der Waals surface area contributed by atoms with E-state index in [0.717, 1.165) is 25.6 Å². The second-order valence-electron chi connectivity index (χ2n) is 12.0. The highest BCUT2D eigenvalue weighted by Crippen LogP contribution is 2.17. The highest BCUT2D eigenvalue weighted by molar-refractivity contribution is 5.92. The zero-order valence-corrected chi connectivity index (χ0v) is 32.3. The van der Waals surface area contributed by atoms with Gasteiger partial charge in [0, 0.05) is 66.4 Å². The van der Waals surface area contributed by atoms with Crippen LogP contribution in [0.3, 0.4) is 0 Å². The van der Waals surface area contributed by atoms with E-state index in [1.165, 1.54) is 66.2 Å². The van der Waals surface area contributed by atoms with Crippen molar-refractivity contribution < 1.29 is 30.5 Å². The van der Waals surface area contributed by atoms with Crippen molar-refractivity contribution in [1.29, 1.82) is 0 Å². The van der Waals surface area contributed by atoms with Crippen LogP contribution in [-0.4, -0.2) is 94.6 Å². The number of anilines is 4. The number of rotatable bonds is 7. The summed E-state index contributed by atoms with van der Waals surface area (Å²) in [4.78, 5) is 88.7. The molecule has 58 heavy (non-hydrogen) atoms. The van der Waals surface area contributed by atoms with Gasteiger partial charge in [0.15, 0.2) is 22.3 Å². The Balaban J connectivity index is 0.000000453. The molecule has 0 atom stereocenters. The molecule has 1 amide bonds. The number of amides is 1. The molecule has 0 radical (unpaired) electrons. The van der Waals surface area contributed by atoms with Gasteiger partial charge in [-0.25, -0.2) is 19.6 Å². The average molecular weight is 814 g/mol. The van der Waals surface area contributed by atoms with Crippen molar-refractivity contribution in [2.24, 2.45) is 28.2 Å². The summed E-state index contributed by atoms with van der Waals surface area (Å²) in [6.07, 6.45) is 2.59. The van der Waals surface area contributed by atoms with Gasteiger partial charge in [0.1, 0.15) is 19.9 Å². The van der Waals surface area contributed by atoms with Crippen molar-refractivity contribution >= 4 is 63.7 Å². The minimum Gasteiger partial charge on any atom is -0.480 e. The monoisotopic (exact) mass is 813 g/mol. The minimum absolute atomic E-state index is 0. The lowest BCUT2D eigenvalue weighted by atomic mass is 10.2. The summed E-state index contributed by atoms with van der Waals surface area (Å²) in [6.45, 7) is 1.48. The molecule has 0 aliphatic heterocycles. The summed E-state index contributed by atoms with van der Waals surface area (Å²) < 4.78 is 22.5. The van der Waals surface area contributed by atoms with E-state index in [1.807, 2.05) is 50.0 Å². The van der Waals surface area contributed by atoms with Crippen LogP contribution in [0.1, 0.15) is 8.80 Å². The molecule has 4 aromatic heterocycles. The van der Waals surface area contributed by atoms with Gasteiger partial charge in [-0.3, -0.25) is 52.1 Å². The number of hydrogen-bond donors (Lipinski definition) is 4. The number of imidazole rings is 2. The largest absolute Gasteiger partial charge is 0.480 e. The lowest BCUT2D eigenvalue weighted by Gasteiger charge is -2.12. The molecule has 0 unspecified atom stereocenters. The molecule has 5 N–H and O–H groups in total. The van der Waals surface area contributed by atoms with E-state index >= 15 is 0 Å². The van der Waals surface area contributed by atoms with Gasteiger partial charge in [-0.15, -0.1) is 0 Å². The first-order valence-corrected chi connectivity index (χ1v) is 16.3. The predicted molar refractivity (Wildman–Crippen MR) is 219 cm³/mol. The van der Waals surface area contributed by atoms with Gasteiger partial charge in [0.2, 0.25) is 5.91 Å². The number of carboxylic acid groups (broad SMARTS) is 1. The maximum Gasteiger partial charge on any atom is 0.332 e. The fourth-order valence-electron chi connectivity index (χ4n) is 5.12. The molecule has 4 heterocycles. The third-order valence-electron chi connectivity index (χ3n) is 7.94. The van der Waals surface area contributed by atoms with Crippen LogP contribution < -0.4 is 43.5 Å². The summed E-state index contributed by atoms with van der Waals surface area (Å²) in [5.41, 5.74) is 7.16. The zero-order chi connectivity index (χ0) is 44.0. The number of alkyl halides is 1. The first kappa shape index (κ1) is 46.8. The van der Waals surface area contributed by atoms with Crippen molar-refractivity contribution in [3.8, 4) is 0 Å². The highest BCUT2D eigenvalue weighted by Gasteiger charge is 2.17. The van der Waals surface area contributed by atoms with Crippen molar-refractivity contribution in [2.45, 2.75) is 20.5 Å². The van der Waals surface area contributed by atoms with Crippen LogP contribution in [0, 0.1) is 0 Å². The molecule has 0 bridgehead atoms. The fraction of sp³-hybridized carbons (Fsp3) is 0.306. The van der Waals surface area contributed by atoms with Crippen LogP contribution in [0.4, 0.5) is 27.1 Å². The summed E-state index contributed by atoms with van der Waals surface area (Å²) in [5, 5.41) is 21.8. The Bertz CT molecular complexity index is 2610. The number of nitrogens with two attached hydrogens (primary N) is 1. The topological polar surface area (TPSA) is 260 Å². The van der Waals surface area contributed by atoms with E-state index in [1.54, 1.807) is 24.3 Å². The molecule has 0 fully saturated rings. The number of aryl methyl sites for hydroxylation is 2. The molecule has 314 valence electrons. The number of carboxylic acids is 1. The van der Waals surface area contributed by atoms with Gasteiger partial charge in [0.25, 0.3) is 11.1 Å². The molecule has 0 spiro atoms. The van der Waals surface area contributed by atoms with E-state index in [2.05, 4.69) is 15.3 Å². The van der Waals surface area contributed by atoms with E-state index in [0.29, 0.717) is 11.4 Å². The molecule has 0 aliphatic carbocycles. The molecule has 0 aliphatic rings. The Morgan fingerprint density at radius 2 is 1.26 bits per heavy atom. The number of carbonyl (C=O) groups is 3. The molecule has 0 saturated heterocycles. The van der Waals surface area contributed by atoms with Crippen LogP contribution >= 0.6 is 0 Å². The normalized spacial score (nSPS) is 10.1. The van der Waals surface area contributed by atoms with Gasteiger partial charge in [-0.05, 0) is 36.4 Å². The summed E-state index contributed by atoms with van der Waals surface area (Å²) in [5.74, 6) is -1.46. The van der Waals surface area contributed by atoms with E-state index in [9.17, 15) is 38.4 Å².